The molecule has 0 radical (unpaired) electrons. The molecule has 0 aliphatic heterocycles. The monoisotopic (exact) mass is 338 g/mol. The highest BCUT2D eigenvalue weighted by atomic mass is 79.9. The van der Waals surface area contributed by atoms with Crippen LogP contribution in [0.4, 0.5) is 0 Å². The van der Waals surface area contributed by atoms with Crippen molar-refractivity contribution >= 4 is 15.9 Å². The largest absolute Gasteiger partial charge is 0.490 e. The number of ether oxygens (including phenoxy) is 2. The van der Waals surface area contributed by atoms with Gasteiger partial charge in [-0.15, -0.1) is 6.58 Å². The van der Waals surface area contributed by atoms with Crippen LogP contribution in [-0.4, -0.2) is 19.3 Å². The molecule has 1 aromatic carbocycles. The summed E-state index contributed by atoms with van der Waals surface area (Å²) < 4.78 is 12.8. The van der Waals surface area contributed by atoms with E-state index in [0.717, 1.165) is 29.7 Å². The van der Waals surface area contributed by atoms with Gasteiger partial charge in [0.2, 0.25) is 0 Å². The maximum Gasteiger partial charge on any atom is 0.123 e. The number of hydrogen-bond donors (Lipinski definition) is 0. The highest BCUT2D eigenvalue weighted by molar-refractivity contribution is 9.10. The minimum atomic E-state index is 0.346. The van der Waals surface area contributed by atoms with Gasteiger partial charge in [-0.25, -0.2) is 0 Å². The van der Waals surface area contributed by atoms with Crippen molar-refractivity contribution in [3.05, 3.63) is 40.9 Å². The van der Waals surface area contributed by atoms with Crippen molar-refractivity contribution < 1.29 is 9.47 Å². The van der Waals surface area contributed by atoms with Crippen LogP contribution in [0.1, 0.15) is 31.2 Å². The average Bonchev–Trinajstić information content (AvgIpc) is 2.46. The van der Waals surface area contributed by atoms with Crippen LogP contribution < -0.4 is 4.74 Å². The molecule has 0 saturated heterocycles. The molecule has 0 amide bonds. The van der Waals surface area contributed by atoms with Crippen molar-refractivity contribution in [1.29, 1.82) is 0 Å². The molecule has 0 unspecified atom stereocenters. The molecule has 0 N–H and O–H groups in total. The second-order valence-corrected chi connectivity index (χ2v) is 6.30. The van der Waals surface area contributed by atoms with Crippen LogP contribution in [0.15, 0.2) is 35.3 Å². The van der Waals surface area contributed by atoms with E-state index in [1.807, 2.05) is 12.1 Å². The fourth-order valence-corrected chi connectivity index (χ4v) is 2.98. The van der Waals surface area contributed by atoms with Gasteiger partial charge in [0, 0.05) is 16.6 Å². The first-order valence-corrected chi connectivity index (χ1v) is 8.10. The SMILES string of the molecule is C=CCOCC1CCC(Oc2cccc(Br)c2C)CC1. The van der Waals surface area contributed by atoms with Crippen LogP contribution in [0, 0.1) is 12.8 Å². The summed E-state index contributed by atoms with van der Waals surface area (Å²) in [5, 5.41) is 0. The van der Waals surface area contributed by atoms with Crippen molar-refractivity contribution in [2.24, 2.45) is 5.92 Å². The summed E-state index contributed by atoms with van der Waals surface area (Å²) in [5.74, 6) is 1.68. The third kappa shape index (κ3) is 4.35. The van der Waals surface area contributed by atoms with Crippen molar-refractivity contribution in [3.8, 4) is 5.75 Å². The first-order chi connectivity index (χ1) is 9.70. The van der Waals surface area contributed by atoms with E-state index >= 15 is 0 Å². The average molecular weight is 339 g/mol. The van der Waals surface area contributed by atoms with Crippen LogP contribution in [0.3, 0.4) is 0 Å². The quantitative estimate of drug-likeness (QED) is 0.542. The second-order valence-electron chi connectivity index (χ2n) is 5.45. The van der Waals surface area contributed by atoms with E-state index < -0.39 is 0 Å². The summed E-state index contributed by atoms with van der Waals surface area (Å²) in [4.78, 5) is 0. The Morgan fingerprint density at radius 2 is 2.05 bits per heavy atom. The van der Waals surface area contributed by atoms with E-state index in [4.69, 9.17) is 9.47 Å². The lowest BCUT2D eigenvalue weighted by molar-refractivity contribution is 0.0709. The molecule has 20 heavy (non-hydrogen) atoms. The summed E-state index contributed by atoms with van der Waals surface area (Å²) in [7, 11) is 0. The van der Waals surface area contributed by atoms with Crippen molar-refractivity contribution in [2.75, 3.05) is 13.2 Å². The van der Waals surface area contributed by atoms with Crippen molar-refractivity contribution in [1.82, 2.24) is 0 Å². The maximum absolute atomic E-state index is 6.15. The van der Waals surface area contributed by atoms with Gasteiger partial charge in [-0.1, -0.05) is 28.1 Å². The van der Waals surface area contributed by atoms with Gasteiger partial charge in [0.1, 0.15) is 5.75 Å². The molecule has 0 heterocycles. The van der Waals surface area contributed by atoms with E-state index in [1.54, 1.807) is 0 Å². The maximum atomic E-state index is 6.15. The topological polar surface area (TPSA) is 18.5 Å². The van der Waals surface area contributed by atoms with Crippen LogP contribution >= 0.6 is 15.9 Å². The zero-order valence-electron chi connectivity index (χ0n) is 12.1. The molecular formula is C17H23BrO2. The Morgan fingerprint density at radius 1 is 1.30 bits per heavy atom. The van der Waals surface area contributed by atoms with Gasteiger partial charge in [-0.05, 0) is 50.7 Å². The van der Waals surface area contributed by atoms with E-state index in [1.165, 1.54) is 18.4 Å². The highest BCUT2D eigenvalue weighted by Gasteiger charge is 2.23. The molecular weight excluding hydrogens is 316 g/mol. The third-order valence-corrected chi connectivity index (χ3v) is 4.75. The predicted molar refractivity (Wildman–Crippen MR) is 86.3 cm³/mol. The molecule has 2 nitrogen and oxygen atoms in total. The highest BCUT2D eigenvalue weighted by Crippen LogP contribution is 2.31. The number of rotatable bonds is 6. The van der Waals surface area contributed by atoms with Crippen LogP contribution in [0.5, 0.6) is 5.75 Å². The normalized spacial score (nSPS) is 22.5. The number of benzene rings is 1. The van der Waals surface area contributed by atoms with E-state index in [9.17, 15) is 0 Å². The summed E-state index contributed by atoms with van der Waals surface area (Å²) >= 11 is 3.55. The van der Waals surface area contributed by atoms with Crippen molar-refractivity contribution in [3.63, 3.8) is 0 Å². The molecule has 0 spiro atoms. The fourth-order valence-electron chi connectivity index (χ4n) is 2.63. The Labute approximate surface area is 130 Å². The van der Waals surface area contributed by atoms with E-state index in [-0.39, 0.29) is 0 Å². The number of hydrogen-bond acceptors (Lipinski definition) is 2. The van der Waals surface area contributed by atoms with Gasteiger partial charge in [0.05, 0.1) is 12.7 Å². The molecule has 1 aromatic rings. The van der Waals surface area contributed by atoms with E-state index in [2.05, 4.69) is 41.6 Å². The molecule has 0 atom stereocenters. The Morgan fingerprint density at radius 3 is 2.75 bits per heavy atom. The minimum absolute atomic E-state index is 0.346. The second kappa shape index (κ2) is 7.84. The standard InChI is InChI=1S/C17H23BrO2/c1-3-11-19-12-14-7-9-15(10-8-14)20-17-6-4-5-16(18)13(17)2/h3-6,14-15H,1,7-12H2,2H3. The Kier molecular flexibility index (Phi) is 6.11. The van der Waals surface area contributed by atoms with Gasteiger partial charge in [-0.2, -0.15) is 0 Å². The molecule has 1 aliphatic rings. The van der Waals surface area contributed by atoms with Crippen LogP contribution in [0.2, 0.25) is 0 Å². The van der Waals surface area contributed by atoms with Gasteiger partial charge in [0.15, 0.2) is 0 Å². The summed E-state index contributed by atoms with van der Waals surface area (Å²) in [6.45, 7) is 7.28. The first-order valence-electron chi connectivity index (χ1n) is 7.31. The van der Waals surface area contributed by atoms with Gasteiger partial charge >= 0.3 is 0 Å². The minimum Gasteiger partial charge on any atom is -0.490 e. The van der Waals surface area contributed by atoms with Gasteiger partial charge in [0.25, 0.3) is 0 Å². The van der Waals surface area contributed by atoms with Gasteiger partial charge in [-0.3, -0.25) is 0 Å². The summed E-state index contributed by atoms with van der Waals surface area (Å²) in [6.07, 6.45) is 6.77. The Balaban J connectivity index is 1.79. The van der Waals surface area contributed by atoms with Crippen LogP contribution in [-0.2, 0) is 4.74 Å². The molecule has 0 aromatic heterocycles. The lowest BCUT2D eigenvalue weighted by Gasteiger charge is -2.29. The Hall–Kier alpha value is -0.800. The van der Waals surface area contributed by atoms with E-state index in [0.29, 0.717) is 18.6 Å². The van der Waals surface area contributed by atoms with Crippen molar-refractivity contribution in [2.45, 2.75) is 38.7 Å². The van der Waals surface area contributed by atoms with Gasteiger partial charge < -0.3 is 9.47 Å². The molecule has 2 rings (SSSR count). The van der Waals surface area contributed by atoms with Crippen LogP contribution in [0.25, 0.3) is 0 Å². The molecule has 0 bridgehead atoms. The lowest BCUT2D eigenvalue weighted by atomic mass is 9.88. The smallest absolute Gasteiger partial charge is 0.123 e. The molecule has 1 saturated carbocycles. The molecule has 3 heteroatoms. The summed E-state index contributed by atoms with van der Waals surface area (Å²) in [6, 6.07) is 6.14. The molecule has 1 fully saturated rings. The summed E-state index contributed by atoms with van der Waals surface area (Å²) in [5.41, 5.74) is 1.18. The first kappa shape index (κ1) is 15.6. The fraction of sp³-hybridized carbons (Fsp3) is 0.529. The zero-order valence-corrected chi connectivity index (χ0v) is 13.7. The predicted octanol–water partition coefficient (Wildman–Crippen LogP) is 4.90. The molecule has 110 valence electrons. The number of halogens is 1. The molecule has 1 aliphatic carbocycles. The lowest BCUT2D eigenvalue weighted by Crippen LogP contribution is -2.26. The third-order valence-electron chi connectivity index (χ3n) is 3.89. The Bertz CT molecular complexity index is 437. The zero-order chi connectivity index (χ0) is 14.4.